The monoisotopic (exact) mass is 366 g/mol. The first-order valence-corrected chi connectivity index (χ1v) is 8.99. The van der Waals surface area contributed by atoms with Gasteiger partial charge in [0.25, 0.3) is 0 Å². The second-order valence-corrected chi connectivity index (χ2v) is 8.55. The highest BCUT2D eigenvalue weighted by Gasteiger charge is 2.31. The molecule has 0 radical (unpaired) electrons. The zero-order valence-electron chi connectivity index (χ0n) is 14.1. The van der Waals surface area contributed by atoms with Gasteiger partial charge in [0.1, 0.15) is 11.5 Å². The molecule has 0 bridgehead atoms. The van der Waals surface area contributed by atoms with Gasteiger partial charge >= 0.3 is 16.5 Å². The number of rotatable bonds is 2. The second kappa shape index (κ2) is 8.13. The van der Waals surface area contributed by atoms with Crippen LogP contribution in [0.25, 0.3) is 0 Å². The maximum atomic E-state index is 10.0. The van der Waals surface area contributed by atoms with Crippen LogP contribution in [0.2, 0.25) is 0 Å². The number of hydrogen-bond acceptors (Lipinski definition) is 5. The van der Waals surface area contributed by atoms with E-state index in [1.165, 1.54) is 0 Å². The molecule has 9 heteroatoms. The third kappa shape index (κ3) is 7.82. The summed E-state index contributed by atoms with van der Waals surface area (Å²) < 4.78 is 22.2. The minimum Gasteiger partial charge on any atom is -0.508 e. The van der Waals surface area contributed by atoms with Crippen molar-refractivity contribution in [2.75, 3.05) is 0 Å². The zero-order chi connectivity index (χ0) is 18.6. The van der Waals surface area contributed by atoms with Crippen LogP contribution in [0.5, 0.6) is 11.5 Å². The van der Waals surface area contributed by atoms with Crippen LogP contribution in [-0.4, -0.2) is 20.0 Å². The first-order valence-electron chi connectivity index (χ1n) is 6.73. The lowest BCUT2D eigenvalue weighted by molar-refractivity contribution is 0.371. The van der Waals surface area contributed by atoms with Crippen molar-refractivity contribution in [1.82, 2.24) is 0 Å². The molecule has 1 rings (SSSR count). The van der Waals surface area contributed by atoms with Gasteiger partial charge in [0.2, 0.25) is 0 Å². The Kier molecular flexibility index (Phi) is 7.74. The fourth-order valence-electron chi connectivity index (χ4n) is 1.84. The van der Waals surface area contributed by atoms with E-state index in [0.29, 0.717) is 0 Å². The van der Waals surface area contributed by atoms with Crippen molar-refractivity contribution in [3.05, 3.63) is 23.3 Å². The lowest BCUT2D eigenvalue weighted by Gasteiger charge is -2.25. The molecule has 0 fully saturated rings. The molecule has 130 valence electrons. The number of aromatic hydroxyl groups is 2. The van der Waals surface area contributed by atoms with Crippen LogP contribution in [0, 0.1) is 0 Å². The highest BCUT2D eigenvalue weighted by Crippen LogP contribution is 2.39. The number of hydrogen-bond donors (Lipinski definition) is 4. The molecule has 0 aromatic heterocycles. The van der Waals surface area contributed by atoms with Gasteiger partial charge in [-0.05, 0) is 23.0 Å². The smallest absolute Gasteiger partial charge is 0.508 e. The summed E-state index contributed by atoms with van der Waals surface area (Å²) in [6, 6.07) is 3.35. The first kappa shape index (κ1) is 21.9. The third-order valence-corrected chi connectivity index (χ3v) is 3.99. The molecule has 0 aliphatic rings. The van der Waals surface area contributed by atoms with Crippen LogP contribution in [0.3, 0.4) is 0 Å². The minimum atomic E-state index is -2.92. The molecule has 4 N–H and O–H groups in total. The van der Waals surface area contributed by atoms with E-state index in [1.54, 1.807) is 12.1 Å². The summed E-state index contributed by atoms with van der Waals surface area (Å²) in [6.45, 7) is 12.1. The van der Waals surface area contributed by atoms with Crippen molar-refractivity contribution in [2.45, 2.75) is 52.4 Å². The quantitative estimate of drug-likeness (QED) is 0.461. The van der Waals surface area contributed by atoms with Gasteiger partial charge in [-0.3, -0.25) is 0 Å². The van der Waals surface area contributed by atoms with E-state index in [9.17, 15) is 19.3 Å². The van der Waals surface area contributed by atoms with Crippen molar-refractivity contribution in [1.29, 1.82) is 0 Å². The minimum absolute atomic E-state index is 0.169. The first-order chi connectivity index (χ1) is 10.2. The van der Waals surface area contributed by atoms with Crippen LogP contribution < -0.4 is 0 Å². The summed E-state index contributed by atoms with van der Waals surface area (Å²) in [5, 5.41) is 20.0. The summed E-state index contributed by atoms with van der Waals surface area (Å²) in [7, 11) is -5.85. The molecule has 23 heavy (non-hydrogen) atoms. The van der Waals surface area contributed by atoms with Crippen molar-refractivity contribution in [3.8, 4) is 11.5 Å². The fraction of sp³-hybridized carbons (Fsp3) is 0.571. The Balaban J connectivity index is 0.000000585. The Morgan fingerprint density at radius 2 is 1.04 bits per heavy atom. The predicted octanol–water partition coefficient (Wildman–Crippen LogP) is 4.00. The number of phenols is 2. The average Bonchev–Trinajstić information content (AvgIpc) is 2.27. The van der Waals surface area contributed by atoms with Gasteiger partial charge in [-0.25, -0.2) is 0 Å². The molecule has 1 aromatic carbocycles. The lowest BCUT2D eigenvalue weighted by atomic mass is 9.81. The zero-order valence-corrected chi connectivity index (χ0v) is 15.9. The van der Waals surface area contributed by atoms with Gasteiger partial charge in [-0.15, -0.1) is 9.79 Å². The maximum Gasteiger partial charge on any atom is 0.745 e. The van der Waals surface area contributed by atoms with Crippen LogP contribution in [0.4, 0.5) is 0 Å². The molecule has 0 heterocycles. The van der Waals surface area contributed by atoms with Gasteiger partial charge in [-0.2, -0.15) is 0 Å². The molecular formula is C14H24O7P2+2. The third-order valence-electron chi connectivity index (χ3n) is 2.87. The Morgan fingerprint density at radius 3 is 1.17 bits per heavy atom. The normalized spacial score (nSPS) is 13.0. The Labute approximate surface area is 137 Å². The lowest BCUT2D eigenvalue weighted by Crippen LogP contribution is -2.15. The second-order valence-electron chi connectivity index (χ2n) is 6.94. The maximum absolute atomic E-state index is 10.0. The van der Waals surface area contributed by atoms with E-state index >= 15 is 0 Å². The SMILES string of the molecule is CC(C)(C)c1cc(O)c(C(C)(C)C)cc1O.O=[P+](O)O[P+](=O)O. The van der Waals surface area contributed by atoms with Crippen molar-refractivity contribution in [2.24, 2.45) is 0 Å². The van der Waals surface area contributed by atoms with Crippen LogP contribution in [0.1, 0.15) is 52.7 Å². The predicted molar refractivity (Wildman–Crippen MR) is 87.9 cm³/mol. The standard InChI is InChI=1S/C14H22O2.O5P2/c1-13(2,3)9-7-12(16)10(8-11(9)15)14(4,5)6;1-6(2)5-7(3)4/h7-8,15-16H,1-6H3;/p+2. The van der Waals surface area contributed by atoms with Crippen LogP contribution in [-0.2, 0) is 24.3 Å². The van der Waals surface area contributed by atoms with E-state index in [1.807, 2.05) is 41.5 Å². The molecule has 1 aromatic rings. The number of benzene rings is 1. The van der Waals surface area contributed by atoms with Gasteiger partial charge in [0.15, 0.2) is 4.31 Å². The highest BCUT2D eigenvalue weighted by molar-refractivity contribution is 7.46. The molecule has 0 spiro atoms. The van der Waals surface area contributed by atoms with Crippen molar-refractivity contribution < 1.29 is 33.4 Å². The van der Waals surface area contributed by atoms with E-state index in [-0.39, 0.29) is 22.3 Å². The summed E-state index contributed by atoms with van der Waals surface area (Å²) >= 11 is 0. The van der Waals surface area contributed by atoms with E-state index < -0.39 is 16.5 Å². The molecule has 2 unspecified atom stereocenters. The fourth-order valence-corrected chi connectivity index (χ4v) is 2.32. The van der Waals surface area contributed by atoms with E-state index in [2.05, 4.69) is 4.31 Å². The largest absolute Gasteiger partial charge is 0.745 e. The van der Waals surface area contributed by atoms with Gasteiger partial charge < -0.3 is 10.2 Å². The summed E-state index contributed by atoms with van der Waals surface area (Å²) in [5.41, 5.74) is 1.21. The van der Waals surface area contributed by atoms with Gasteiger partial charge in [0, 0.05) is 20.3 Å². The molecule has 7 nitrogen and oxygen atoms in total. The van der Waals surface area contributed by atoms with Crippen LogP contribution >= 0.6 is 16.5 Å². The van der Waals surface area contributed by atoms with Gasteiger partial charge in [-0.1, -0.05) is 41.5 Å². The molecule has 0 aliphatic carbocycles. The summed E-state index contributed by atoms with van der Waals surface area (Å²) in [5.74, 6) is 0.519. The Morgan fingerprint density at radius 1 is 0.783 bits per heavy atom. The molecule has 2 atom stereocenters. The molecular weight excluding hydrogens is 342 g/mol. The highest BCUT2D eigenvalue weighted by atomic mass is 31.2. The topological polar surface area (TPSA) is 124 Å². The van der Waals surface area contributed by atoms with Crippen molar-refractivity contribution >= 4 is 16.5 Å². The Bertz CT molecular complexity index is 534. The number of phenolic OH excluding ortho intramolecular Hbond substituents is 2. The molecule has 0 saturated carbocycles. The van der Waals surface area contributed by atoms with Gasteiger partial charge in [0.05, 0.1) is 0 Å². The van der Waals surface area contributed by atoms with Crippen molar-refractivity contribution in [3.63, 3.8) is 0 Å². The molecule has 0 amide bonds. The molecule has 0 aliphatic heterocycles. The average molecular weight is 366 g/mol. The summed E-state index contributed by atoms with van der Waals surface area (Å²) in [6.07, 6.45) is 0. The van der Waals surface area contributed by atoms with E-state index in [4.69, 9.17) is 9.79 Å². The summed E-state index contributed by atoms with van der Waals surface area (Å²) in [4.78, 5) is 15.3. The van der Waals surface area contributed by atoms with Crippen LogP contribution in [0.15, 0.2) is 12.1 Å². The Hall–Kier alpha value is -1.10. The molecule has 0 saturated heterocycles. The van der Waals surface area contributed by atoms with E-state index in [0.717, 1.165) is 11.1 Å².